The van der Waals surface area contributed by atoms with Crippen LogP contribution in [0.15, 0.2) is 42.7 Å². The third-order valence-corrected chi connectivity index (χ3v) is 3.89. The van der Waals surface area contributed by atoms with Gasteiger partial charge in [-0.3, -0.25) is 9.58 Å². The third kappa shape index (κ3) is 3.67. The summed E-state index contributed by atoms with van der Waals surface area (Å²) in [5.41, 5.74) is 1.18. The Hall–Kier alpha value is -1.85. The zero-order valence-corrected chi connectivity index (χ0v) is 12.9. The zero-order valence-electron chi connectivity index (χ0n) is 12.9. The summed E-state index contributed by atoms with van der Waals surface area (Å²) in [6.45, 7) is 5.26. The predicted molar refractivity (Wildman–Crippen MR) is 84.7 cm³/mol. The van der Waals surface area contributed by atoms with E-state index in [2.05, 4.69) is 23.1 Å². The first-order valence-electron chi connectivity index (χ1n) is 7.88. The van der Waals surface area contributed by atoms with Crippen LogP contribution in [-0.4, -0.2) is 45.1 Å². The highest BCUT2D eigenvalue weighted by Gasteiger charge is 2.33. The van der Waals surface area contributed by atoms with E-state index in [-0.39, 0.29) is 6.10 Å². The highest BCUT2D eigenvalue weighted by atomic mass is 16.5. The Balaban J connectivity index is 1.55. The lowest BCUT2D eigenvalue weighted by Gasteiger charge is -2.16. The van der Waals surface area contributed by atoms with E-state index >= 15 is 0 Å². The molecular formula is C17H23N3O2. The largest absolute Gasteiger partial charge is 0.486 e. The highest BCUT2D eigenvalue weighted by Crippen LogP contribution is 2.20. The van der Waals surface area contributed by atoms with Gasteiger partial charge in [0.2, 0.25) is 0 Å². The van der Waals surface area contributed by atoms with Gasteiger partial charge in [-0.05, 0) is 18.6 Å². The molecule has 3 rings (SSSR count). The van der Waals surface area contributed by atoms with E-state index in [0.29, 0.717) is 6.54 Å². The van der Waals surface area contributed by atoms with Crippen LogP contribution < -0.4 is 4.74 Å². The lowest BCUT2D eigenvalue weighted by atomic mass is 10.2. The highest BCUT2D eigenvalue weighted by molar-refractivity contribution is 5.21. The number of ether oxygens (including phenoxy) is 1. The van der Waals surface area contributed by atoms with E-state index < -0.39 is 6.10 Å². The molecular weight excluding hydrogens is 278 g/mol. The van der Waals surface area contributed by atoms with Crippen molar-refractivity contribution in [1.82, 2.24) is 14.7 Å². The van der Waals surface area contributed by atoms with Crippen molar-refractivity contribution >= 4 is 0 Å². The summed E-state index contributed by atoms with van der Waals surface area (Å²) in [7, 11) is 0. The van der Waals surface area contributed by atoms with Gasteiger partial charge in [-0.2, -0.15) is 5.10 Å². The minimum absolute atomic E-state index is 0.173. The maximum atomic E-state index is 10.2. The minimum Gasteiger partial charge on any atom is -0.486 e. The SMILES string of the molecule is CCCn1cc(CN2C[C@@H](O)[C@H](Oc3ccccc3)C2)cn1. The van der Waals surface area contributed by atoms with E-state index in [1.165, 1.54) is 5.56 Å². The van der Waals surface area contributed by atoms with Crippen molar-refractivity contribution in [2.75, 3.05) is 13.1 Å². The molecule has 2 aromatic rings. The number of nitrogens with zero attached hydrogens (tertiary/aromatic N) is 3. The number of aliphatic hydroxyl groups is 1. The molecule has 0 aliphatic carbocycles. The number of para-hydroxylation sites is 1. The summed E-state index contributed by atoms with van der Waals surface area (Å²) in [4.78, 5) is 2.21. The molecule has 2 atom stereocenters. The molecule has 0 unspecified atom stereocenters. The number of β-amino-alcohol motifs (C(OH)–C–C–N with tert-alkyl or cyclic N) is 1. The molecule has 5 heteroatoms. The lowest BCUT2D eigenvalue weighted by molar-refractivity contribution is 0.0737. The Labute approximate surface area is 131 Å². The molecule has 5 nitrogen and oxygen atoms in total. The first-order chi connectivity index (χ1) is 10.7. The van der Waals surface area contributed by atoms with Gasteiger partial charge < -0.3 is 9.84 Å². The number of likely N-dealkylation sites (tertiary alicyclic amines) is 1. The fourth-order valence-corrected chi connectivity index (χ4v) is 2.85. The van der Waals surface area contributed by atoms with Gasteiger partial charge in [0.05, 0.1) is 6.20 Å². The molecule has 1 aromatic heterocycles. The summed E-state index contributed by atoms with van der Waals surface area (Å²) < 4.78 is 7.86. The monoisotopic (exact) mass is 301 g/mol. The van der Waals surface area contributed by atoms with Crippen LogP contribution in [0.3, 0.4) is 0 Å². The van der Waals surface area contributed by atoms with Gasteiger partial charge in [0.15, 0.2) is 0 Å². The van der Waals surface area contributed by atoms with Gasteiger partial charge in [-0.25, -0.2) is 0 Å². The van der Waals surface area contributed by atoms with Crippen molar-refractivity contribution in [1.29, 1.82) is 0 Å². The topological polar surface area (TPSA) is 50.5 Å². The maximum absolute atomic E-state index is 10.2. The Morgan fingerprint density at radius 2 is 2.09 bits per heavy atom. The second kappa shape index (κ2) is 6.94. The molecule has 1 aliphatic rings. The smallest absolute Gasteiger partial charge is 0.138 e. The second-order valence-corrected chi connectivity index (χ2v) is 5.84. The molecule has 22 heavy (non-hydrogen) atoms. The first-order valence-corrected chi connectivity index (χ1v) is 7.88. The lowest BCUT2D eigenvalue weighted by Crippen LogP contribution is -2.29. The summed E-state index contributed by atoms with van der Waals surface area (Å²) >= 11 is 0. The molecule has 0 saturated carbocycles. The normalized spacial score (nSPS) is 22.1. The van der Waals surface area contributed by atoms with Crippen LogP contribution in [0.25, 0.3) is 0 Å². The van der Waals surface area contributed by atoms with Gasteiger partial charge in [0.25, 0.3) is 0 Å². The van der Waals surface area contributed by atoms with Gasteiger partial charge >= 0.3 is 0 Å². The van der Waals surface area contributed by atoms with E-state index in [9.17, 15) is 5.11 Å². The van der Waals surface area contributed by atoms with Gasteiger partial charge in [-0.15, -0.1) is 0 Å². The van der Waals surface area contributed by atoms with Gasteiger partial charge in [0, 0.05) is 37.9 Å². The maximum Gasteiger partial charge on any atom is 0.138 e. The van der Waals surface area contributed by atoms with Crippen LogP contribution in [0.4, 0.5) is 0 Å². The fourth-order valence-electron chi connectivity index (χ4n) is 2.85. The fraction of sp³-hybridized carbons (Fsp3) is 0.471. The minimum atomic E-state index is -0.453. The van der Waals surface area contributed by atoms with Crippen molar-refractivity contribution in [3.05, 3.63) is 48.3 Å². The van der Waals surface area contributed by atoms with Crippen LogP contribution in [-0.2, 0) is 13.1 Å². The van der Waals surface area contributed by atoms with Crippen LogP contribution >= 0.6 is 0 Å². The summed E-state index contributed by atoms with van der Waals surface area (Å²) in [5.74, 6) is 0.809. The number of aromatic nitrogens is 2. The number of hydrogen-bond acceptors (Lipinski definition) is 4. The summed E-state index contributed by atoms with van der Waals surface area (Å²) in [5, 5.41) is 14.6. The zero-order chi connectivity index (χ0) is 15.4. The summed E-state index contributed by atoms with van der Waals surface area (Å²) in [6.07, 6.45) is 4.45. The Morgan fingerprint density at radius 1 is 1.27 bits per heavy atom. The molecule has 2 heterocycles. The van der Waals surface area contributed by atoms with Crippen LogP contribution in [0.1, 0.15) is 18.9 Å². The van der Waals surface area contributed by atoms with Crippen molar-refractivity contribution in [2.45, 2.75) is 38.6 Å². The van der Waals surface area contributed by atoms with Crippen molar-refractivity contribution in [2.24, 2.45) is 0 Å². The van der Waals surface area contributed by atoms with Crippen molar-refractivity contribution in [3.63, 3.8) is 0 Å². The molecule has 1 fully saturated rings. The number of rotatable bonds is 6. The molecule has 1 N–H and O–H groups in total. The van der Waals surface area contributed by atoms with Crippen molar-refractivity contribution < 1.29 is 9.84 Å². The molecule has 0 amide bonds. The first kappa shape index (κ1) is 15.1. The van der Waals surface area contributed by atoms with Crippen LogP contribution in [0.5, 0.6) is 5.75 Å². The van der Waals surface area contributed by atoms with E-state index in [1.807, 2.05) is 41.2 Å². The number of aliphatic hydroxyl groups excluding tert-OH is 1. The van der Waals surface area contributed by atoms with E-state index in [4.69, 9.17) is 4.74 Å². The predicted octanol–water partition coefficient (Wildman–Crippen LogP) is 1.92. The van der Waals surface area contributed by atoms with Crippen molar-refractivity contribution in [3.8, 4) is 5.75 Å². The average molecular weight is 301 g/mol. The standard InChI is InChI=1S/C17H23N3O2/c1-2-8-20-11-14(9-18-20)10-19-12-16(21)17(13-19)22-15-6-4-3-5-7-15/h3-7,9,11,16-17,21H,2,8,10,12-13H2,1H3/t16-,17-/m1/s1. The number of hydrogen-bond donors (Lipinski definition) is 1. The quantitative estimate of drug-likeness (QED) is 0.885. The van der Waals surface area contributed by atoms with Gasteiger partial charge in [-0.1, -0.05) is 25.1 Å². The molecule has 1 saturated heterocycles. The molecule has 0 spiro atoms. The second-order valence-electron chi connectivity index (χ2n) is 5.84. The molecule has 0 bridgehead atoms. The molecule has 1 aromatic carbocycles. The Bertz CT molecular complexity index is 585. The number of benzene rings is 1. The summed E-state index contributed by atoms with van der Waals surface area (Å²) in [6, 6.07) is 9.68. The van der Waals surface area contributed by atoms with Crippen LogP contribution in [0.2, 0.25) is 0 Å². The van der Waals surface area contributed by atoms with E-state index in [1.54, 1.807) is 0 Å². The van der Waals surface area contributed by atoms with Crippen LogP contribution in [0, 0.1) is 0 Å². The molecule has 0 radical (unpaired) electrons. The molecule has 118 valence electrons. The Kier molecular flexibility index (Phi) is 4.75. The van der Waals surface area contributed by atoms with E-state index in [0.717, 1.165) is 31.8 Å². The average Bonchev–Trinajstić information content (AvgIpc) is 3.08. The molecule has 1 aliphatic heterocycles. The Morgan fingerprint density at radius 3 is 2.86 bits per heavy atom. The van der Waals surface area contributed by atoms with Gasteiger partial charge in [0.1, 0.15) is 18.0 Å². The third-order valence-electron chi connectivity index (χ3n) is 3.89. The number of aryl methyl sites for hydroxylation is 1.